The van der Waals surface area contributed by atoms with Crippen LogP contribution in [0, 0.1) is 5.41 Å². The third-order valence-corrected chi connectivity index (χ3v) is 4.75. The van der Waals surface area contributed by atoms with E-state index in [-0.39, 0.29) is 17.6 Å². The van der Waals surface area contributed by atoms with Gasteiger partial charge in [0.2, 0.25) is 0 Å². The van der Waals surface area contributed by atoms with Crippen molar-refractivity contribution in [2.45, 2.75) is 46.3 Å². The zero-order valence-electron chi connectivity index (χ0n) is 15.0. The summed E-state index contributed by atoms with van der Waals surface area (Å²) in [5, 5.41) is 0. The van der Waals surface area contributed by atoms with Crippen molar-refractivity contribution in [1.82, 2.24) is 4.90 Å². The summed E-state index contributed by atoms with van der Waals surface area (Å²) in [4.78, 5) is 15.9. The molecule has 0 aromatic heterocycles. The average molecular weight is 319 g/mol. The Kier molecular flexibility index (Phi) is 6.05. The van der Waals surface area contributed by atoms with Gasteiger partial charge in [-0.1, -0.05) is 51.1 Å². The number of likely N-dealkylation sites (tertiary alicyclic amines) is 1. The summed E-state index contributed by atoms with van der Waals surface area (Å²) in [6.45, 7) is 10.4. The second-order valence-electron chi connectivity index (χ2n) is 7.69. The van der Waals surface area contributed by atoms with E-state index in [2.05, 4.69) is 20.8 Å². The lowest BCUT2D eigenvalue weighted by atomic mass is 9.85. The number of rotatable bonds is 5. The topological polar surface area (TPSA) is 34.0 Å². The number of carbonyl (C=O) groups excluding carboxylic acids is 1. The second kappa shape index (κ2) is 7.82. The van der Waals surface area contributed by atoms with Crippen molar-refractivity contribution in [3.63, 3.8) is 0 Å². The van der Waals surface area contributed by atoms with Gasteiger partial charge >= 0.3 is 6.09 Å². The van der Waals surface area contributed by atoms with Gasteiger partial charge in [-0.2, -0.15) is 0 Å². The maximum Gasteiger partial charge on any atom is 0.410 e. The minimum Gasteiger partial charge on any atom is -0.445 e. The second-order valence-corrected chi connectivity index (χ2v) is 7.69. The number of nitrogens with zero attached hydrogens (tertiary/aromatic N) is 1. The molecule has 1 saturated heterocycles. The Hall–Kier alpha value is -1.55. The van der Waals surface area contributed by atoms with Crippen molar-refractivity contribution in [1.29, 1.82) is 0 Å². The largest absolute Gasteiger partial charge is 0.445 e. The minimum absolute atomic E-state index is 0.0378. The minimum atomic E-state index is -0.229. The zero-order chi connectivity index (χ0) is 16.9. The van der Waals surface area contributed by atoms with E-state index < -0.39 is 0 Å². The third kappa shape index (κ3) is 5.24. The van der Waals surface area contributed by atoms with Crippen LogP contribution >= 0.6 is 0 Å². The quantitative estimate of drug-likeness (QED) is 0.904. The highest BCUT2D eigenvalue weighted by Gasteiger charge is 2.36. The van der Waals surface area contributed by atoms with Crippen molar-refractivity contribution in [2.24, 2.45) is 5.41 Å². The molecule has 0 aliphatic carbocycles. The summed E-state index contributed by atoms with van der Waals surface area (Å²) in [6, 6.07) is 10.0. The van der Waals surface area contributed by atoms with Gasteiger partial charge in [-0.15, -0.1) is 0 Å². The van der Waals surface area contributed by atoms with E-state index in [0.29, 0.717) is 6.61 Å². The van der Waals surface area contributed by atoms with Crippen molar-refractivity contribution in [3.05, 3.63) is 35.9 Å². The molecule has 1 atom stereocenters. The van der Waals surface area contributed by atoms with Crippen molar-refractivity contribution in [3.8, 4) is 0 Å². The molecule has 4 heteroatoms. The molecule has 1 aromatic rings. The first kappa shape index (κ1) is 17.8. The fraction of sp³-hybridized carbons (Fsp3) is 0.632. The Morgan fingerprint density at radius 1 is 1.22 bits per heavy atom. The first-order valence-electron chi connectivity index (χ1n) is 8.65. The Labute approximate surface area is 140 Å². The number of benzene rings is 1. The molecule has 1 heterocycles. The molecule has 128 valence electrons. The molecule has 2 rings (SSSR count). The van der Waals surface area contributed by atoms with E-state index in [1.165, 1.54) is 25.9 Å². The van der Waals surface area contributed by atoms with E-state index in [9.17, 15) is 4.79 Å². The van der Waals surface area contributed by atoms with Crippen LogP contribution in [0.3, 0.4) is 0 Å². The van der Waals surface area contributed by atoms with E-state index in [1.54, 1.807) is 9.80 Å². The molecule has 0 unspecified atom stereocenters. The standard InChI is InChI=1S/C19H30N2O2/c1-19(2,3)17(14-21-12-8-9-13-21)20(4)18(22)23-15-16-10-6-5-7-11-16/h5-7,10-11,17H,8-9,12-15H2,1-4H3/p+1/t17-/m0/s1. The summed E-state index contributed by atoms with van der Waals surface area (Å²) in [6.07, 6.45) is 2.37. The van der Waals surface area contributed by atoms with Crippen molar-refractivity contribution >= 4 is 6.09 Å². The normalized spacial score (nSPS) is 17.0. The Morgan fingerprint density at radius 3 is 2.39 bits per heavy atom. The highest BCUT2D eigenvalue weighted by atomic mass is 16.6. The first-order chi connectivity index (χ1) is 10.9. The molecule has 0 bridgehead atoms. The average Bonchev–Trinajstić information content (AvgIpc) is 3.02. The number of ether oxygens (including phenoxy) is 1. The van der Waals surface area contributed by atoms with E-state index in [1.807, 2.05) is 37.4 Å². The molecule has 0 radical (unpaired) electrons. The number of quaternary nitrogens is 1. The van der Waals surface area contributed by atoms with Gasteiger partial charge in [0.15, 0.2) is 0 Å². The molecule has 1 aromatic carbocycles. The van der Waals surface area contributed by atoms with Crippen LogP contribution in [0.2, 0.25) is 0 Å². The zero-order valence-corrected chi connectivity index (χ0v) is 15.0. The lowest BCUT2D eigenvalue weighted by Gasteiger charge is -2.38. The molecule has 0 saturated carbocycles. The number of carbonyl (C=O) groups is 1. The fourth-order valence-electron chi connectivity index (χ4n) is 3.32. The van der Waals surface area contributed by atoms with Gasteiger partial charge in [0, 0.05) is 19.9 Å². The Morgan fingerprint density at radius 2 is 1.83 bits per heavy atom. The lowest BCUT2D eigenvalue weighted by molar-refractivity contribution is -0.890. The summed E-state index contributed by atoms with van der Waals surface area (Å²) >= 11 is 0. The van der Waals surface area contributed by atoms with Gasteiger partial charge in [0.1, 0.15) is 6.61 Å². The highest BCUT2D eigenvalue weighted by molar-refractivity contribution is 5.67. The van der Waals surface area contributed by atoms with Crippen LogP contribution < -0.4 is 4.90 Å². The van der Waals surface area contributed by atoms with Crippen LogP contribution in [0.15, 0.2) is 30.3 Å². The van der Waals surface area contributed by atoms with Gasteiger partial charge in [-0.05, 0) is 11.0 Å². The van der Waals surface area contributed by atoms with E-state index >= 15 is 0 Å². The highest BCUT2D eigenvalue weighted by Crippen LogP contribution is 2.23. The Balaban J connectivity index is 1.95. The van der Waals surface area contributed by atoms with Gasteiger partial charge in [0.05, 0.1) is 25.7 Å². The molecule has 0 spiro atoms. The lowest BCUT2D eigenvalue weighted by Crippen LogP contribution is -3.11. The predicted molar refractivity (Wildman–Crippen MR) is 92.4 cm³/mol. The van der Waals surface area contributed by atoms with Crippen LogP contribution in [-0.2, 0) is 11.3 Å². The van der Waals surface area contributed by atoms with Crippen LogP contribution in [0.1, 0.15) is 39.2 Å². The molecule has 1 N–H and O–H groups in total. The van der Waals surface area contributed by atoms with E-state index in [0.717, 1.165) is 12.1 Å². The molecule has 1 fully saturated rings. The molecular weight excluding hydrogens is 288 g/mol. The summed E-state index contributed by atoms with van der Waals surface area (Å²) < 4.78 is 5.51. The van der Waals surface area contributed by atoms with Gasteiger partial charge in [-0.3, -0.25) is 0 Å². The maximum atomic E-state index is 12.5. The molecule has 1 aliphatic heterocycles. The molecular formula is C19H31N2O2+. The number of likely N-dealkylation sites (N-methyl/N-ethyl adjacent to an activating group) is 1. The van der Waals surface area contributed by atoms with Crippen molar-refractivity contribution in [2.75, 3.05) is 26.7 Å². The third-order valence-electron chi connectivity index (χ3n) is 4.75. The molecule has 1 aliphatic rings. The number of amides is 1. The first-order valence-corrected chi connectivity index (χ1v) is 8.65. The van der Waals surface area contributed by atoms with Gasteiger partial charge in [-0.25, -0.2) is 4.79 Å². The van der Waals surface area contributed by atoms with Gasteiger partial charge < -0.3 is 14.5 Å². The smallest absolute Gasteiger partial charge is 0.410 e. The van der Waals surface area contributed by atoms with Crippen LogP contribution in [-0.4, -0.2) is 43.7 Å². The number of hydrogen-bond acceptors (Lipinski definition) is 2. The van der Waals surface area contributed by atoms with E-state index in [4.69, 9.17) is 4.74 Å². The monoisotopic (exact) mass is 319 g/mol. The summed E-state index contributed by atoms with van der Waals surface area (Å²) in [7, 11) is 1.87. The fourth-order valence-corrected chi connectivity index (χ4v) is 3.32. The van der Waals surface area contributed by atoms with Crippen LogP contribution in [0.4, 0.5) is 4.79 Å². The summed E-state index contributed by atoms with van der Waals surface area (Å²) in [5.74, 6) is 0. The molecule has 23 heavy (non-hydrogen) atoms. The van der Waals surface area contributed by atoms with Gasteiger partial charge in [0.25, 0.3) is 0 Å². The van der Waals surface area contributed by atoms with Crippen LogP contribution in [0.5, 0.6) is 0 Å². The summed E-state index contributed by atoms with van der Waals surface area (Å²) in [5.41, 5.74) is 1.06. The molecule has 4 nitrogen and oxygen atoms in total. The number of hydrogen-bond donors (Lipinski definition) is 1. The Bertz CT molecular complexity index is 490. The maximum absolute atomic E-state index is 12.5. The van der Waals surface area contributed by atoms with Crippen LogP contribution in [0.25, 0.3) is 0 Å². The molecule has 1 amide bonds. The SMILES string of the molecule is CN(C(=O)OCc1ccccc1)[C@@H](C[NH+]1CCCC1)C(C)(C)C. The number of nitrogens with one attached hydrogen (secondary N) is 1. The van der Waals surface area contributed by atoms with Crippen molar-refractivity contribution < 1.29 is 14.4 Å². The predicted octanol–water partition coefficient (Wildman–Crippen LogP) is 2.35.